The predicted molar refractivity (Wildman–Crippen MR) is 184 cm³/mol. The van der Waals surface area contributed by atoms with E-state index in [-0.39, 0.29) is 12.5 Å². The number of pyridine rings is 1. The Labute approximate surface area is 275 Å². The molecule has 0 aromatic carbocycles. The number of rotatable bonds is 11. The van der Waals surface area contributed by atoms with E-state index in [4.69, 9.17) is 9.73 Å². The molecule has 1 aromatic rings. The molecule has 240 valence electrons. The first-order valence-electron chi connectivity index (χ1n) is 15.2. The number of amidine groups is 1. The largest absolute Gasteiger partial charge is 0.381 e. The molecule has 1 amide bonds. The van der Waals surface area contributed by atoms with Crippen LogP contribution in [-0.4, -0.2) is 76.9 Å². The maximum absolute atomic E-state index is 13.0. The highest BCUT2D eigenvalue weighted by molar-refractivity contribution is 9.09. The maximum atomic E-state index is 13.0. The molecular formula is C35H44BrN5O4. The van der Waals surface area contributed by atoms with E-state index in [9.17, 15) is 14.7 Å². The minimum Gasteiger partial charge on any atom is -0.381 e. The molecule has 10 heteroatoms. The van der Waals surface area contributed by atoms with Gasteiger partial charge in [0.05, 0.1) is 12.0 Å². The Morgan fingerprint density at radius 2 is 2.07 bits per heavy atom. The zero-order chi connectivity index (χ0) is 32.7. The SMILES string of the molecule is C#C.CC/C(=C/C=C\CBr)CC(=NC1(C=O)CCOCC1)N(C)CC(O)NC1=C/C=C/C[C@]2(C\C=C\1)C(=O)Nc1ncccc12. The van der Waals surface area contributed by atoms with Crippen LogP contribution in [0.1, 0.15) is 51.0 Å². The number of fused-ring (bicyclic) bond motifs is 2. The van der Waals surface area contributed by atoms with Crippen LogP contribution in [0.25, 0.3) is 0 Å². The lowest BCUT2D eigenvalue weighted by Crippen LogP contribution is -2.44. The van der Waals surface area contributed by atoms with Crippen LogP contribution in [0, 0.1) is 12.8 Å². The van der Waals surface area contributed by atoms with Crippen LogP contribution >= 0.6 is 15.9 Å². The summed E-state index contributed by atoms with van der Waals surface area (Å²) in [7, 11) is 1.89. The number of halogens is 1. The van der Waals surface area contributed by atoms with Gasteiger partial charge in [0.2, 0.25) is 5.91 Å². The molecule has 3 N–H and O–H groups in total. The first kappa shape index (κ1) is 35.7. The number of ether oxygens (including phenoxy) is 1. The second-order valence-electron chi connectivity index (χ2n) is 11.1. The van der Waals surface area contributed by atoms with Gasteiger partial charge in [0.25, 0.3) is 0 Å². The monoisotopic (exact) mass is 677 g/mol. The fraction of sp³-hybridized carbons (Fsp3) is 0.429. The third kappa shape index (κ3) is 9.36. The normalized spacial score (nSPS) is 24.4. The molecule has 1 aliphatic carbocycles. The van der Waals surface area contributed by atoms with E-state index in [2.05, 4.69) is 57.4 Å². The fourth-order valence-corrected chi connectivity index (χ4v) is 5.79. The van der Waals surface area contributed by atoms with E-state index in [1.54, 1.807) is 6.20 Å². The number of likely N-dealkylation sites (N-methyl/N-ethyl adjacent to an activating group) is 1. The van der Waals surface area contributed by atoms with Crippen LogP contribution < -0.4 is 10.6 Å². The van der Waals surface area contributed by atoms with Gasteiger partial charge in [0.15, 0.2) is 0 Å². The van der Waals surface area contributed by atoms with E-state index in [1.807, 2.05) is 66.6 Å². The summed E-state index contributed by atoms with van der Waals surface area (Å²) in [4.78, 5) is 36.5. The van der Waals surface area contributed by atoms with Gasteiger partial charge in [-0.25, -0.2) is 4.98 Å². The number of aromatic nitrogens is 1. The van der Waals surface area contributed by atoms with Crippen molar-refractivity contribution in [2.24, 2.45) is 4.99 Å². The second-order valence-corrected chi connectivity index (χ2v) is 11.8. The Bertz CT molecular complexity index is 1370. The molecule has 0 radical (unpaired) electrons. The number of aliphatic hydroxyl groups is 1. The molecular weight excluding hydrogens is 634 g/mol. The first-order chi connectivity index (χ1) is 21.8. The van der Waals surface area contributed by atoms with E-state index in [0.717, 1.165) is 35.1 Å². The number of aliphatic hydroxyl groups excluding tert-OH is 1. The van der Waals surface area contributed by atoms with Crippen molar-refractivity contribution in [1.82, 2.24) is 15.2 Å². The van der Waals surface area contributed by atoms with Crippen LogP contribution in [0.4, 0.5) is 5.82 Å². The van der Waals surface area contributed by atoms with Crippen molar-refractivity contribution >= 4 is 39.8 Å². The Balaban J connectivity index is 0.00000271. The maximum Gasteiger partial charge on any atom is 0.236 e. The highest BCUT2D eigenvalue weighted by Crippen LogP contribution is 2.42. The number of carbonyl (C=O) groups is 2. The quantitative estimate of drug-likeness (QED) is 0.0576. The number of carbonyl (C=O) groups excluding carboxylic acids is 2. The van der Waals surface area contributed by atoms with Crippen molar-refractivity contribution in [2.45, 2.75) is 62.6 Å². The highest BCUT2D eigenvalue weighted by atomic mass is 79.9. The summed E-state index contributed by atoms with van der Waals surface area (Å²) in [6.07, 6.45) is 29.0. The molecule has 45 heavy (non-hydrogen) atoms. The number of aldehydes is 1. The average Bonchev–Trinajstić information content (AvgIpc) is 3.38. The molecule has 2 atom stereocenters. The Morgan fingerprint density at radius 3 is 2.78 bits per heavy atom. The van der Waals surface area contributed by atoms with E-state index < -0.39 is 17.2 Å². The topological polar surface area (TPSA) is 116 Å². The molecule has 1 unspecified atom stereocenters. The van der Waals surface area contributed by atoms with Gasteiger partial charge in [-0.05, 0) is 37.5 Å². The number of anilines is 1. The Hall–Kier alpha value is -3.78. The van der Waals surface area contributed by atoms with E-state index in [0.29, 0.717) is 51.1 Å². The highest BCUT2D eigenvalue weighted by Gasteiger charge is 2.45. The van der Waals surface area contributed by atoms with Crippen LogP contribution in [-0.2, 0) is 19.7 Å². The van der Waals surface area contributed by atoms with Gasteiger partial charge < -0.3 is 30.2 Å². The Morgan fingerprint density at radius 1 is 1.31 bits per heavy atom. The summed E-state index contributed by atoms with van der Waals surface area (Å²) >= 11 is 3.42. The zero-order valence-corrected chi connectivity index (χ0v) is 27.7. The molecule has 4 rings (SSSR count). The molecule has 0 bridgehead atoms. The summed E-state index contributed by atoms with van der Waals surface area (Å²) in [6, 6.07) is 3.81. The lowest BCUT2D eigenvalue weighted by Gasteiger charge is -2.32. The van der Waals surface area contributed by atoms with Crippen molar-refractivity contribution in [3.63, 3.8) is 0 Å². The summed E-state index contributed by atoms with van der Waals surface area (Å²) in [5.41, 5.74) is 1.26. The minimum atomic E-state index is -0.918. The van der Waals surface area contributed by atoms with Gasteiger partial charge in [-0.3, -0.25) is 9.79 Å². The lowest BCUT2D eigenvalue weighted by atomic mass is 9.76. The van der Waals surface area contributed by atoms with Crippen molar-refractivity contribution in [2.75, 3.05) is 37.5 Å². The molecule has 1 aromatic heterocycles. The van der Waals surface area contributed by atoms with Gasteiger partial charge in [0.1, 0.15) is 29.7 Å². The smallest absolute Gasteiger partial charge is 0.236 e. The van der Waals surface area contributed by atoms with Gasteiger partial charge in [-0.1, -0.05) is 70.9 Å². The molecule has 0 saturated carbocycles. The number of hydrogen-bond acceptors (Lipinski definition) is 7. The summed E-state index contributed by atoms with van der Waals surface area (Å²) in [6.45, 7) is 3.34. The third-order valence-electron chi connectivity index (χ3n) is 8.18. The van der Waals surface area contributed by atoms with Crippen molar-refractivity contribution in [1.29, 1.82) is 0 Å². The first-order valence-corrected chi connectivity index (χ1v) is 16.3. The summed E-state index contributed by atoms with van der Waals surface area (Å²) < 4.78 is 5.51. The lowest BCUT2D eigenvalue weighted by molar-refractivity contribution is -0.120. The van der Waals surface area contributed by atoms with Crippen LogP contribution in [0.2, 0.25) is 0 Å². The molecule has 3 aliphatic rings. The predicted octanol–water partition coefficient (Wildman–Crippen LogP) is 4.98. The minimum absolute atomic E-state index is 0.0545. The molecule has 1 spiro atoms. The number of amides is 1. The standard InChI is InChI=1S/C33H42BrN5O4.C2H2/c1-3-25(10-5-7-18-34)22-28(38-32(24-40)16-20-43-21-17-32)39(2)23-29(41)36-26-11-4-6-14-33(15-8-12-26)27-13-9-19-35-30(27)37-31(33)42;1-2/h4-13,19,24,29,36,41H,3,14-18,20-23H2,1-2H3,(H,35,37,42);1-2H/b6-4+,7-5-,12-8+,25-10-,26-11+,38-28?;/t29?,33-;/m1./s1. The van der Waals surface area contributed by atoms with Crippen LogP contribution in [0.5, 0.6) is 0 Å². The number of nitrogens with zero attached hydrogens (tertiary/aromatic N) is 3. The average molecular weight is 679 g/mol. The third-order valence-corrected chi connectivity index (χ3v) is 8.55. The van der Waals surface area contributed by atoms with Crippen LogP contribution in [0.3, 0.4) is 0 Å². The van der Waals surface area contributed by atoms with Crippen molar-refractivity contribution in [3.8, 4) is 12.8 Å². The number of allylic oxidation sites excluding steroid dienone is 8. The number of aliphatic imine (C=N–C) groups is 1. The molecule has 9 nitrogen and oxygen atoms in total. The molecule has 1 fully saturated rings. The van der Waals surface area contributed by atoms with Gasteiger partial charge in [-0.15, -0.1) is 12.8 Å². The van der Waals surface area contributed by atoms with Gasteiger partial charge >= 0.3 is 0 Å². The molecule has 1 saturated heterocycles. The molecule has 2 aliphatic heterocycles. The summed E-state index contributed by atoms with van der Waals surface area (Å²) in [5.74, 6) is 1.31. The second kappa shape index (κ2) is 17.6. The van der Waals surface area contributed by atoms with Gasteiger partial charge in [0, 0.05) is 62.3 Å². The van der Waals surface area contributed by atoms with Crippen molar-refractivity contribution < 1.29 is 19.4 Å². The zero-order valence-electron chi connectivity index (χ0n) is 26.1. The van der Waals surface area contributed by atoms with E-state index in [1.165, 1.54) is 5.57 Å². The molecule has 3 heterocycles. The van der Waals surface area contributed by atoms with Gasteiger partial charge in [-0.2, -0.15) is 0 Å². The van der Waals surface area contributed by atoms with Crippen molar-refractivity contribution in [3.05, 3.63) is 83.8 Å². The number of hydrogen-bond donors (Lipinski definition) is 3. The van der Waals surface area contributed by atoms with Crippen LogP contribution in [0.15, 0.2) is 83.2 Å². The number of nitrogens with one attached hydrogen (secondary N) is 2. The number of terminal acetylenes is 1. The Kier molecular flexibility index (Phi) is 14.0. The summed E-state index contributed by atoms with van der Waals surface area (Å²) in [5, 5.41) is 18.0. The number of alkyl halides is 1. The van der Waals surface area contributed by atoms with E-state index >= 15 is 0 Å². The fourth-order valence-electron chi connectivity index (χ4n) is 5.57.